The van der Waals surface area contributed by atoms with Crippen LogP contribution in [0.3, 0.4) is 0 Å². The van der Waals surface area contributed by atoms with Gasteiger partial charge in [-0.2, -0.15) is 0 Å². The molecule has 0 N–H and O–H groups in total. The second-order valence-electron chi connectivity index (χ2n) is 3.61. The molecule has 17 heavy (non-hydrogen) atoms. The zero-order chi connectivity index (χ0) is 11.8. The molecule has 0 amide bonds. The van der Waals surface area contributed by atoms with E-state index < -0.39 is 0 Å². The third kappa shape index (κ3) is 1.92. The van der Waals surface area contributed by atoms with Crippen molar-refractivity contribution in [3.8, 4) is 10.6 Å². The molecule has 1 aromatic heterocycles. The van der Waals surface area contributed by atoms with Gasteiger partial charge in [0.15, 0.2) is 0 Å². The lowest BCUT2D eigenvalue weighted by Crippen LogP contribution is -1.80. The molecule has 0 spiro atoms. The fourth-order valence-corrected chi connectivity index (χ4v) is 2.97. The number of halogens is 2. The number of nitrogens with zero attached hydrogens (tertiary/aromatic N) is 1. The maximum absolute atomic E-state index is 13.0. The molecular weight excluding hydrogens is 257 g/mol. The number of para-hydroxylation sites is 1. The summed E-state index contributed by atoms with van der Waals surface area (Å²) in [6.45, 7) is 0. The van der Waals surface area contributed by atoms with Crippen molar-refractivity contribution in [3.63, 3.8) is 0 Å². The van der Waals surface area contributed by atoms with Crippen LogP contribution < -0.4 is 0 Å². The Bertz CT molecular complexity index is 660. The van der Waals surface area contributed by atoms with Crippen LogP contribution in [0, 0.1) is 5.82 Å². The van der Waals surface area contributed by atoms with Crippen molar-refractivity contribution in [1.82, 2.24) is 4.98 Å². The van der Waals surface area contributed by atoms with E-state index in [-0.39, 0.29) is 5.82 Å². The standard InChI is InChI=1S/C13H7ClFNS/c14-10-7-8(15)5-6-9(10)13-16-11-3-1-2-4-12(11)17-13/h1-7H. The zero-order valence-corrected chi connectivity index (χ0v) is 10.2. The Kier molecular flexibility index (Phi) is 2.57. The van der Waals surface area contributed by atoms with Crippen molar-refractivity contribution >= 4 is 33.2 Å². The van der Waals surface area contributed by atoms with Gasteiger partial charge in [-0.25, -0.2) is 9.37 Å². The number of aromatic nitrogens is 1. The second kappa shape index (κ2) is 4.09. The second-order valence-corrected chi connectivity index (χ2v) is 5.05. The smallest absolute Gasteiger partial charge is 0.126 e. The molecule has 0 aliphatic heterocycles. The van der Waals surface area contributed by atoms with Gasteiger partial charge in [0.25, 0.3) is 0 Å². The number of rotatable bonds is 1. The third-order valence-corrected chi connectivity index (χ3v) is 3.84. The van der Waals surface area contributed by atoms with Crippen LogP contribution in [0.5, 0.6) is 0 Å². The summed E-state index contributed by atoms with van der Waals surface area (Å²) >= 11 is 7.57. The Balaban J connectivity index is 2.20. The van der Waals surface area contributed by atoms with Gasteiger partial charge in [-0.3, -0.25) is 0 Å². The summed E-state index contributed by atoms with van der Waals surface area (Å²) in [5.41, 5.74) is 1.71. The Hall–Kier alpha value is -1.45. The largest absolute Gasteiger partial charge is 0.236 e. The quantitative estimate of drug-likeness (QED) is 0.617. The molecule has 2 aromatic carbocycles. The highest BCUT2D eigenvalue weighted by Crippen LogP contribution is 2.34. The highest BCUT2D eigenvalue weighted by molar-refractivity contribution is 7.21. The van der Waals surface area contributed by atoms with E-state index in [0.29, 0.717) is 5.02 Å². The average Bonchev–Trinajstić information content (AvgIpc) is 2.72. The van der Waals surface area contributed by atoms with E-state index >= 15 is 0 Å². The summed E-state index contributed by atoms with van der Waals surface area (Å²) in [7, 11) is 0. The van der Waals surface area contributed by atoms with Crippen LogP contribution >= 0.6 is 22.9 Å². The first kappa shape index (κ1) is 10.7. The first-order valence-electron chi connectivity index (χ1n) is 5.05. The first-order valence-corrected chi connectivity index (χ1v) is 6.24. The van der Waals surface area contributed by atoms with E-state index in [1.54, 1.807) is 17.4 Å². The van der Waals surface area contributed by atoms with Crippen LogP contribution in [0.2, 0.25) is 5.02 Å². The van der Waals surface area contributed by atoms with Crippen LogP contribution in [0.15, 0.2) is 42.5 Å². The molecule has 0 aliphatic rings. The lowest BCUT2D eigenvalue weighted by molar-refractivity contribution is 0.628. The maximum atomic E-state index is 13.0. The van der Waals surface area contributed by atoms with Gasteiger partial charge in [0.1, 0.15) is 10.8 Å². The first-order chi connectivity index (χ1) is 8.24. The lowest BCUT2D eigenvalue weighted by Gasteiger charge is -1.99. The molecule has 0 radical (unpaired) electrons. The summed E-state index contributed by atoms with van der Waals surface area (Å²) in [4.78, 5) is 4.49. The van der Waals surface area contributed by atoms with Crippen LogP contribution in [-0.2, 0) is 0 Å². The molecule has 0 saturated carbocycles. The highest BCUT2D eigenvalue weighted by Gasteiger charge is 2.09. The van der Waals surface area contributed by atoms with Crippen LogP contribution in [-0.4, -0.2) is 4.98 Å². The Labute approximate surface area is 106 Å². The van der Waals surface area contributed by atoms with Gasteiger partial charge < -0.3 is 0 Å². The molecule has 0 saturated heterocycles. The van der Waals surface area contributed by atoms with E-state index in [1.165, 1.54) is 12.1 Å². The fourth-order valence-electron chi connectivity index (χ4n) is 1.65. The fraction of sp³-hybridized carbons (Fsp3) is 0. The van der Waals surface area contributed by atoms with Crippen molar-refractivity contribution < 1.29 is 4.39 Å². The molecule has 0 aliphatic carbocycles. The van der Waals surface area contributed by atoms with Crippen LogP contribution in [0.1, 0.15) is 0 Å². The Morgan fingerprint density at radius 3 is 2.71 bits per heavy atom. The molecule has 4 heteroatoms. The predicted molar refractivity (Wildman–Crippen MR) is 70.0 cm³/mol. The summed E-state index contributed by atoms with van der Waals surface area (Å²) in [5.74, 6) is -0.333. The van der Waals surface area contributed by atoms with E-state index in [4.69, 9.17) is 11.6 Å². The summed E-state index contributed by atoms with van der Waals surface area (Å²) < 4.78 is 14.1. The SMILES string of the molecule is Fc1ccc(-c2nc3ccccc3s2)c(Cl)c1. The Morgan fingerprint density at radius 1 is 1.12 bits per heavy atom. The van der Waals surface area contributed by atoms with Crippen LogP contribution in [0.4, 0.5) is 4.39 Å². The lowest BCUT2D eigenvalue weighted by atomic mass is 10.2. The van der Waals surface area contributed by atoms with Crippen molar-refractivity contribution in [3.05, 3.63) is 53.3 Å². The zero-order valence-electron chi connectivity index (χ0n) is 8.65. The van der Waals surface area contributed by atoms with Gasteiger partial charge in [0.2, 0.25) is 0 Å². The molecule has 0 unspecified atom stereocenters. The Morgan fingerprint density at radius 2 is 1.94 bits per heavy atom. The number of hydrogen-bond acceptors (Lipinski definition) is 2. The molecule has 0 bridgehead atoms. The summed E-state index contributed by atoms with van der Waals surface area (Å²) in [6.07, 6.45) is 0. The molecule has 1 heterocycles. The minimum atomic E-state index is -0.333. The maximum Gasteiger partial charge on any atom is 0.126 e. The number of hydrogen-bond donors (Lipinski definition) is 0. The number of fused-ring (bicyclic) bond motifs is 1. The van der Waals surface area contributed by atoms with Gasteiger partial charge in [0, 0.05) is 5.56 Å². The van der Waals surface area contributed by atoms with Crippen molar-refractivity contribution in [2.45, 2.75) is 0 Å². The average molecular weight is 264 g/mol. The van der Waals surface area contributed by atoms with Crippen LogP contribution in [0.25, 0.3) is 20.8 Å². The number of thiazole rings is 1. The van der Waals surface area contributed by atoms with E-state index in [2.05, 4.69) is 4.98 Å². The summed E-state index contributed by atoms with van der Waals surface area (Å²) in [5, 5.41) is 1.21. The molecule has 0 fully saturated rings. The van der Waals surface area contributed by atoms with Crippen molar-refractivity contribution in [2.24, 2.45) is 0 Å². The van der Waals surface area contributed by atoms with Gasteiger partial charge >= 0.3 is 0 Å². The minimum absolute atomic E-state index is 0.333. The molecule has 3 rings (SSSR count). The van der Waals surface area contributed by atoms with Gasteiger partial charge in [0.05, 0.1) is 15.2 Å². The predicted octanol–water partition coefficient (Wildman–Crippen LogP) is 4.76. The molecule has 3 aromatic rings. The topological polar surface area (TPSA) is 12.9 Å². The van der Waals surface area contributed by atoms with Gasteiger partial charge in [-0.1, -0.05) is 23.7 Å². The highest BCUT2D eigenvalue weighted by atomic mass is 35.5. The van der Waals surface area contributed by atoms with E-state index in [9.17, 15) is 4.39 Å². The van der Waals surface area contributed by atoms with Gasteiger partial charge in [-0.05, 0) is 30.3 Å². The monoisotopic (exact) mass is 263 g/mol. The van der Waals surface area contributed by atoms with Crippen molar-refractivity contribution in [1.29, 1.82) is 0 Å². The normalized spacial score (nSPS) is 10.9. The van der Waals surface area contributed by atoms with Gasteiger partial charge in [-0.15, -0.1) is 11.3 Å². The third-order valence-electron chi connectivity index (χ3n) is 2.46. The van der Waals surface area contributed by atoms with E-state index in [1.807, 2.05) is 24.3 Å². The van der Waals surface area contributed by atoms with E-state index in [0.717, 1.165) is 20.8 Å². The number of benzene rings is 2. The minimum Gasteiger partial charge on any atom is -0.236 e. The molecule has 1 nitrogen and oxygen atoms in total. The summed E-state index contributed by atoms with van der Waals surface area (Å²) in [6, 6.07) is 12.2. The van der Waals surface area contributed by atoms with Crippen molar-refractivity contribution in [2.75, 3.05) is 0 Å². The molecule has 84 valence electrons. The molecule has 0 atom stereocenters. The molecular formula is C13H7ClFNS.